The van der Waals surface area contributed by atoms with Gasteiger partial charge in [0.1, 0.15) is 0 Å². The van der Waals surface area contributed by atoms with Crippen LogP contribution in [0.15, 0.2) is 36.7 Å². The first-order valence-electron chi connectivity index (χ1n) is 8.09. The van der Waals surface area contributed by atoms with Crippen molar-refractivity contribution in [3.8, 4) is 0 Å². The molecule has 7 heteroatoms. The smallest absolute Gasteiger partial charge is 0.338 e. The summed E-state index contributed by atoms with van der Waals surface area (Å²) in [6.07, 6.45) is 4.20. The third-order valence-corrected chi connectivity index (χ3v) is 3.26. The van der Waals surface area contributed by atoms with Crippen molar-refractivity contribution >= 4 is 21.8 Å². The molecule has 1 aromatic carbocycles. The molecule has 1 unspecified atom stereocenters. The molecule has 2 rings (SSSR count). The summed E-state index contributed by atoms with van der Waals surface area (Å²) < 4.78 is 9.70. The molecule has 0 N–H and O–H groups in total. The zero-order valence-corrected chi connectivity index (χ0v) is 16.9. The van der Waals surface area contributed by atoms with Crippen LogP contribution in [-0.4, -0.2) is 55.2 Å². The Labute approximate surface area is 153 Å². The topological polar surface area (TPSA) is 59.1 Å². The van der Waals surface area contributed by atoms with Gasteiger partial charge in [-0.25, -0.2) is 9.59 Å². The van der Waals surface area contributed by atoms with E-state index in [1.807, 2.05) is 0 Å². The van der Waals surface area contributed by atoms with Gasteiger partial charge in [0.25, 0.3) is 0 Å². The molecule has 1 aliphatic rings. The summed E-state index contributed by atoms with van der Waals surface area (Å²) in [6.45, 7) is 8.29. The molecule has 1 aromatic rings. The van der Waals surface area contributed by atoms with Crippen LogP contribution in [0.4, 0.5) is 0 Å². The van der Waals surface area contributed by atoms with Crippen LogP contribution in [0, 0.1) is 0 Å². The Kier molecular flexibility index (Phi) is 11.3. The lowest BCUT2D eigenvalue weighted by atomic mass is 10.1. The van der Waals surface area contributed by atoms with Gasteiger partial charge >= 0.3 is 11.9 Å². The summed E-state index contributed by atoms with van der Waals surface area (Å²) in [4.78, 5) is 27.5. The van der Waals surface area contributed by atoms with Crippen LogP contribution >= 0.6 is 9.90 Å². The lowest BCUT2D eigenvalue weighted by Crippen LogP contribution is -2.21. The molecule has 25 heavy (non-hydrogen) atoms. The maximum absolute atomic E-state index is 11.5. The van der Waals surface area contributed by atoms with E-state index in [4.69, 9.17) is 9.47 Å². The second kappa shape index (κ2) is 12.3. The molecule has 0 aromatic heterocycles. The Morgan fingerprint density at radius 1 is 0.960 bits per heavy atom. The molecule has 1 aliphatic heterocycles. The zero-order chi connectivity index (χ0) is 17.9. The summed E-state index contributed by atoms with van der Waals surface area (Å²) in [5.74, 6) is -1.02. The highest BCUT2D eigenvalue weighted by Gasteiger charge is 2.17. The number of carbonyl (C=O) groups is 2. The van der Waals surface area contributed by atoms with E-state index in [9.17, 15) is 9.59 Å². The van der Waals surface area contributed by atoms with E-state index in [0.717, 1.165) is 13.2 Å². The molecule has 0 aliphatic carbocycles. The van der Waals surface area contributed by atoms with Crippen LogP contribution in [0.25, 0.3) is 0 Å². The van der Waals surface area contributed by atoms with Crippen molar-refractivity contribution in [3.63, 3.8) is 0 Å². The maximum Gasteiger partial charge on any atom is 0.338 e. The number of rotatable bonds is 5. The second-order valence-electron chi connectivity index (χ2n) is 5.09. The first-order valence-corrected chi connectivity index (χ1v) is 8.09. The Morgan fingerprint density at radius 3 is 1.72 bits per heavy atom. The van der Waals surface area contributed by atoms with Gasteiger partial charge in [-0.1, -0.05) is 12.1 Å². The molecular weight excluding hydrogens is 339 g/mol. The Bertz CT molecular complexity index is 541. The molecule has 0 saturated carbocycles. The van der Waals surface area contributed by atoms with Crippen molar-refractivity contribution in [1.29, 1.82) is 0 Å². The van der Waals surface area contributed by atoms with E-state index < -0.39 is 11.9 Å². The molecule has 0 amide bonds. The molecule has 0 spiro atoms. The number of benzene rings is 1. The summed E-state index contributed by atoms with van der Waals surface area (Å²) in [6, 6.07) is 6.44. The molecular formula is C18H29N2O4P. The predicted octanol–water partition coefficient (Wildman–Crippen LogP) is 2.78. The van der Waals surface area contributed by atoms with Crippen LogP contribution in [-0.2, 0) is 9.47 Å². The van der Waals surface area contributed by atoms with E-state index in [0.29, 0.717) is 0 Å². The highest BCUT2D eigenvalue weighted by Crippen LogP contribution is 2.11. The third-order valence-electron chi connectivity index (χ3n) is 3.26. The van der Waals surface area contributed by atoms with Crippen molar-refractivity contribution in [3.05, 3.63) is 47.8 Å². The Balaban J connectivity index is 0.000000540. The summed E-state index contributed by atoms with van der Waals surface area (Å²) in [7, 11) is 2.08. The fourth-order valence-electron chi connectivity index (χ4n) is 2.05. The first kappa shape index (κ1) is 22.9. The molecule has 1 heterocycles. The van der Waals surface area contributed by atoms with Crippen LogP contribution in [0.2, 0.25) is 0 Å². The van der Waals surface area contributed by atoms with Gasteiger partial charge in [0, 0.05) is 26.0 Å². The maximum atomic E-state index is 11.5. The minimum absolute atomic E-state index is 0. The first-order chi connectivity index (χ1) is 11.5. The fraction of sp³-hybridized carbons (Fsp3) is 0.444. The molecule has 0 radical (unpaired) electrons. The number of carbonyl (C=O) groups excluding carboxylic acids is 2. The molecule has 1 atom stereocenters. The third kappa shape index (κ3) is 7.57. The van der Waals surface area contributed by atoms with E-state index in [1.165, 1.54) is 0 Å². The van der Waals surface area contributed by atoms with Crippen LogP contribution in [0.5, 0.6) is 0 Å². The van der Waals surface area contributed by atoms with Crippen molar-refractivity contribution < 1.29 is 19.1 Å². The molecule has 140 valence electrons. The van der Waals surface area contributed by atoms with Crippen LogP contribution in [0.1, 0.15) is 41.5 Å². The van der Waals surface area contributed by atoms with Crippen LogP contribution < -0.4 is 0 Å². The highest BCUT2D eigenvalue weighted by molar-refractivity contribution is 6.92. The zero-order valence-electron chi connectivity index (χ0n) is 15.5. The van der Waals surface area contributed by atoms with Gasteiger partial charge < -0.3 is 19.3 Å². The van der Waals surface area contributed by atoms with Gasteiger partial charge in [0.15, 0.2) is 0 Å². The monoisotopic (exact) mass is 368 g/mol. The molecule has 0 bridgehead atoms. The average molecular weight is 368 g/mol. The minimum atomic E-state index is -0.508. The highest BCUT2D eigenvalue weighted by atomic mass is 31.0. The predicted molar refractivity (Wildman–Crippen MR) is 104 cm³/mol. The Hall–Kier alpha value is -2.07. The molecule has 6 nitrogen and oxygen atoms in total. The van der Waals surface area contributed by atoms with Gasteiger partial charge in [-0.15, -0.1) is 0 Å². The molecule has 0 saturated heterocycles. The van der Waals surface area contributed by atoms with Gasteiger partial charge in [-0.05, 0) is 32.9 Å². The van der Waals surface area contributed by atoms with E-state index in [-0.39, 0.29) is 34.2 Å². The lowest BCUT2D eigenvalue weighted by molar-refractivity contribution is 0.0479. The number of hydrogen-bond donors (Lipinski definition) is 0. The normalized spacial score (nSPS) is 12.0. The number of hydrogen-bond acceptors (Lipinski definition) is 6. The van der Waals surface area contributed by atoms with E-state index in [1.54, 1.807) is 38.1 Å². The summed E-state index contributed by atoms with van der Waals surface area (Å²) >= 11 is 0. The van der Waals surface area contributed by atoms with Crippen molar-refractivity contribution in [2.75, 3.05) is 33.5 Å². The lowest BCUT2D eigenvalue weighted by Gasteiger charge is -2.14. The summed E-state index contributed by atoms with van der Waals surface area (Å²) in [5.41, 5.74) is 0.477. The minimum Gasteiger partial charge on any atom is -0.462 e. The van der Waals surface area contributed by atoms with Gasteiger partial charge in [-0.3, -0.25) is 0 Å². The van der Waals surface area contributed by atoms with Crippen molar-refractivity contribution in [2.24, 2.45) is 0 Å². The molecule has 0 fully saturated rings. The SMILES string of the molecule is CCN1C=CN(C)C1.CCOC(=O)c1ccccc1C(=O)OCC.P. The van der Waals surface area contributed by atoms with E-state index in [2.05, 4.69) is 36.2 Å². The van der Waals surface area contributed by atoms with Gasteiger partial charge in [0.2, 0.25) is 0 Å². The second-order valence-corrected chi connectivity index (χ2v) is 5.09. The number of esters is 2. The van der Waals surface area contributed by atoms with Crippen molar-refractivity contribution in [2.45, 2.75) is 20.8 Å². The standard InChI is InChI=1S/C12H14O4.C6H12N2.H3P/c1-3-15-11(13)9-7-5-6-8-10(9)12(14)16-4-2;1-3-8-5-4-7(2)6-8;/h5-8H,3-4H2,1-2H3;4-5H,3,6H2,1-2H3;1H3. The largest absolute Gasteiger partial charge is 0.462 e. The van der Waals surface area contributed by atoms with Crippen molar-refractivity contribution in [1.82, 2.24) is 9.80 Å². The fourth-order valence-corrected chi connectivity index (χ4v) is 2.05. The van der Waals surface area contributed by atoms with Gasteiger partial charge in [-0.2, -0.15) is 9.90 Å². The number of nitrogens with zero attached hydrogens (tertiary/aromatic N) is 2. The summed E-state index contributed by atoms with van der Waals surface area (Å²) in [5, 5.41) is 0. The average Bonchev–Trinajstić information content (AvgIpc) is 3.01. The van der Waals surface area contributed by atoms with Crippen LogP contribution in [0.3, 0.4) is 0 Å². The Morgan fingerprint density at radius 2 is 1.44 bits per heavy atom. The van der Waals surface area contributed by atoms with E-state index >= 15 is 0 Å². The number of ether oxygens (including phenoxy) is 2. The van der Waals surface area contributed by atoms with Gasteiger partial charge in [0.05, 0.1) is 31.0 Å². The quantitative estimate of drug-likeness (QED) is 0.588.